The van der Waals surface area contributed by atoms with Gasteiger partial charge in [-0.1, -0.05) is 17.7 Å². The van der Waals surface area contributed by atoms with Crippen molar-refractivity contribution in [3.63, 3.8) is 0 Å². The molecule has 1 aromatic carbocycles. The van der Waals surface area contributed by atoms with Crippen LogP contribution in [0.1, 0.15) is 30.4 Å². The molecular formula is C12H12ClNO2. The highest BCUT2D eigenvalue weighted by molar-refractivity contribution is 6.31. The molecule has 0 radical (unpaired) electrons. The zero-order chi connectivity index (χ0) is 11.8. The molecule has 0 bridgehead atoms. The second kappa shape index (κ2) is 3.93. The van der Waals surface area contributed by atoms with Crippen LogP contribution < -0.4 is 0 Å². The van der Waals surface area contributed by atoms with Crippen LogP contribution in [0.5, 0.6) is 5.75 Å². The fourth-order valence-corrected chi connectivity index (χ4v) is 2.46. The molecule has 0 aliphatic heterocycles. The van der Waals surface area contributed by atoms with Crippen molar-refractivity contribution in [3.05, 3.63) is 28.3 Å². The predicted molar refractivity (Wildman–Crippen MR) is 61.5 cm³/mol. The number of phenols is 1. The lowest BCUT2D eigenvalue weighted by molar-refractivity contribution is 0.247. The number of hydrogen-bond donors (Lipinski definition) is 1. The highest BCUT2D eigenvalue weighted by atomic mass is 35.5. The molecule has 1 aromatic rings. The lowest BCUT2D eigenvalue weighted by Crippen LogP contribution is -2.32. The number of aromatic hydroxyl groups is 1. The SMILES string of the molecule is Cc1ccc(Cl)c(C2(N=C=O)CCC2)c1O. The summed E-state index contributed by atoms with van der Waals surface area (Å²) in [4.78, 5) is 14.3. The molecule has 1 aliphatic carbocycles. The fraction of sp³-hybridized carbons (Fsp3) is 0.417. The largest absolute Gasteiger partial charge is 0.507 e. The van der Waals surface area contributed by atoms with Crippen molar-refractivity contribution in [2.45, 2.75) is 31.7 Å². The maximum Gasteiger partial charge on any atom is 0.235 e. The zero-order valence-corrected chi connectivity index (χ0v) is 9.71. The summed E-state index contributed by atoms with van der Waals surface area (Å²) in [6.45, 7) is 1.80. The van der Waals surface area contributed by atoms with E-state index in [0.717, 1.165) is 24.8 Å². The van der Waals surface area contributed by atoms with Gasteiger partial charge >= 0.3 is 0 Å². The minimum atomic E-state index is -0.644. The molecule has 1 aliphatic rings. The molecule has 0 aromatic heterocycles. The molecule has 84 valence electrons. The van der Waals surface area contributed by atoms with Gasteiger partial charge in [-0.15, -0.1) is 0 Å². The van der Waals surface area contributed by atoms with Crippen molar-refractivity contribution >= 4 is 17.7 Å². The van der Waals surface area contributed by atoms with Gasteiger partial charge in [0.2, 0.25) is 6.08 Å². The second-order valence-corrected chi connectivity index (χ2v) is 4.58. The summed E-state index contributed by atoms with van der Waals surface area (Å²) in [6.07, 6.45) is 4.04. The lowest BCUT2D eigenvalue weighted by Gasteiger charge is -2.38. The summed E-state index contributed by atoms with van der Waals surface area (Å²) in [7, 11) is 0. The van der Waals surface area contributed by atoms with Crippen molar-refractivity contribution in [3.8, 4) is 5.75 Å². The smallest absolute Gasteiger partial charge is 0.235 e. The van der Waals surface area contributed by atoms with Gasteiger partial charge in [-0.2, -0.15) is 4.99 Å². The van der Waals surface area contributed by atoms with Gasteiger partial charge in [-0.05, 0) is 37.8 Å². The van der Waals surface area contributed by atoms with Crippen LogP contribution in [-0.4, -0.2) is 11.2 Å². The zero-order valence-electron chi connectivity index (χ0n) is 8.96. The van der Waals surface area contributed by atoms with Crippen LogP contribution in [0.25, 0.3) is 0 Å². The third kappa shape index (κ3) is 1.53. The highest BCUT2D eigenvalue weighted by Crippen LogP contribution is 2.51. The number of rotatable bonds is 2. The van der Waals surface area contributed by atoms with Gasteiger partial charge in [0.1, 0.15) is 11.3 Å². The van der Waals surface area contributed by atoms with E-state index in [-0.39, 0.29) is 5.75 Å². The van der Waals surface area contributed by atoms with Crippen LogP contribution in [0, 0.1) is 6.92 Å². The summed E-state index contributed by atoms with van der Waals surface area (Å²) >= 11 is 6.08. The number of isocyanates is 1. The van der Waals surface area contributed by atoms with E-state index < -0.39 is 5.54 Å². The molecule has 0 spiro atoms. The number of benzene rings is 1. The number of nitrogens with zero attached hydrogens (tertiary/aromatic N) is 1. The molecular weight excluding hydrogens is 226 g/mol. The van der Waals surface area contributed by atoms with Crippen LogP contribution in [0.4, 0.5) is 0 Å². The quantitative estimate of drug-likeness (QED) is 0.635. The van der Waals surface area contributed by atoms with E-state index in [9.17, 15) is 9.90 Å². The molecule has 4 heteroatoms. The molecule has 3 nitrogen and oxygen atoms in total. The molecule has 0 heterocycles. The first kappa shape index (κ1) is 11.2. The Morgan fingerprint density at radius 3 is 2.69 bits per heavy atom. The second-order valence-electron chi connectivity index (χ2n) is 4.18. The van der Waals surface area contributed by atoms with E-state index in [1.54, 1.807) is 25.1 Å². The van der Waals surface area contributed by atoms with Crippen molar-refractivity contribution in [2.75, 3.05) is 0 Å². The Labute approximate surface area is 98.8 Å². The number of aryl methyl sites for hydroxylation is 1. The summed E-state index contributed by atoms with van der Waals surface area (Å²) in [6, 6.07) is 3.48. The average molecular weight is 238 g/mol. The van der Waals surface area contributed by atoms with E-state index in [1.807, 2.05) is 0 Å². The van der Waals surface area contributed by atoms with E-state index in [0.29, 0.717) is 10.6 Å². The summed E-state index contributed by atoms with van der Waals surface area (Å²) in [5, 5.41) is 10.5. The first-order chi connectivity index (χ1) is 7.60. The van der Waals surface area contributed by atoms with E-state index >= 15 is 0 Å². The Bertz CT molecular complexity index is 474. The van der Waals surface area contributed by atoms with E-state index in [1.165, 1.54) is 0 Å². The normalized spacial score (nSPS) is 17.4. The maximum absolute atomic E-state index is 10.5. The summed E-state index contributed by atoms with van der Waals surface area (Å²) in [5.74, 6) is 0.145. The molecule has 1 fully saturated rings. The van der Waals surface area contributed by atoms with Crippen LogP contribution in [0.15, 0.2) is 17.1 Å². The van der Waals surface area contributed by atoms with Gasteiger partial charge in [0.05, 0.1) is 0 Å². The molecule has 1 N–H and O–H groups in total. The van der Waals surface area contributed by atoms with Gasteiger partial charge in [-0.25, -0.2) is 4.79 Å². The predicted octanol–water partition coefficient (Wildman–Crippen LogP) is 3.07. The molecule has 0 amide bonds. The van der Waals surface area contributed by atoms with E-state index in [2.05, 4.69) is 4.99 Å². The average Bonchev–Trinajstić information content (AvgIpc) is 2.20. The van der Waals surface area contributed by atoms with Gasteiger partial charge in [-0.3, -0.25) is 0 Å². The lowest BCUT2D eigenvalue weighted by atomic mass is 9.71. The van der Waals surface area contributed by atoms with Gasteiger partial charge in [0.15, 0.2) is 0 Å². The Morgan fingerprint density at radius 2 is 2.19 bits per heavy atom. The van der Waals surface area contributed by atoms with Crippen molar-refractivity contribution in [1.29, 1.82) is 0 Å². The Morgan fingerprint density at radius 1 is 1.50 bits per heavy atom. The van der Waals surface area contributed by atoms with Crippen LogP contribution in [0.3, 0.4) is 0 Å². The van der Waals surface area contributed by atoms with Crippen LogP contribution in [0.2, 0.25) is 5.02 Å². The first-order valence-electron chi connectivity index (χ1n) is 5.18. The molecule has 0 unspecified atom stereocenters. The number of phenolic OH excluding ortho intramolecular Hbond substituents is 1. The molecule has 16 heavy (non-hydrogen) atoms. The van der Waals surface area contributed by atoms with Gasteiger partial charge in [0, 0.05) is 10.6 Å². The summed E-state index contributed by atoms with van der Waals surface area (Å²) in [5.41, 5.74) is 0.671. The Balaban J connectivity index is 2.62. The summed E-state index contributed by atoms with van der Waals surface area (Å²) < 4.78 is 0. The molecule has 0 saturated heterocycles. The topological polar surface area (TPSA) is 49.7 Å². The van der Waals surface area contributed by atoms with Gasteiger partial charge < -0.3 is 5.11 Å². The fourth-order valence-electron chi connectivity index (χ4n) is 2.13. The third-order valence-electron chi connectivity index (χ3n) is 3.23. The Kier molecular flexibility index (Phi) is 2.75. The number of carbonyl (C=O) groups excluding carboxylic acids is 1. The molecule has 1 saturated carbocycles. The van der Waals surface area contributed by atoms with Gasteiger partial charge in [0.25, 0.3) is 0 Å². The minimum absolute atomic E-state index is 0.145. The van der Waals surface area contributed by atoms with Crippen molar-refractivity contribution in [1.82, 2.24) is 0 Å². The Hall–Kier alpha value is -1.31. The molecule has 2 rings (SSSR count). The van der Waals surface area contributed by atoms with E-state index in [4.69, 9.17) is 11.6 Å². The van der Waals surface area contributed by atoms with Crippen LogP contribution in [-0.2, 0) is 10.3 Å². The van der Waals surface area contributed by atoms with Crippen LogP contribution >= 0.6 is 11.6 Å². The standard InChI is InChI=1S/C12H12ClNO2/c1-8-3-4-9(13)10(11(8)16)12(14-7-15)5-2-6-12/h3-4,16H,2,5-6H2,1H3. The third-order valence-corrected chi connectivity index (χ3v) is 3.55. The minimum Gasteiger partial charge on any atom is -0.507 e. The number of hydrogen-bond acceptors (Lipinski definition) is 3. The maximum atomic E-state index is 10.5. The van der Waals surface area contributed by atoms with Crippen molar-refractivity contribution < 1.29 is 9.90 Å². The monoisotopic (exact) mass is 237 g/mol. The highest BCUT2D eigenvalue weighted by Gasteiger charge is 2.42. The first-order valence-corrected chi connectivity index (χ1v) is 5.56. The number of halogens is 1. The molecule has 0 atom stereocenters. The number of aliphatic imine (C=N–C) groups is 1. The van der Waals surface area contributed by atoms with Crippen molar-refractivity contribution in [2.24, 2.45) is 4.99 Å².